The Morgan fingerprint density at radius 3 is 2.22 bits per heavy atom. The summed E-state index contributed by atoms with van der Waals surface area (Å²) in [4.78, 5) is 36.9. The predicted octanol–water partition coefficient (Wildman–Crippen LogP) is 2.33. The van der Waals surface area contributed by atoms with Crippen LogP contribution in [0.3, 0.4) is 0 Å². The molecule has 12 nitrogen and oxygen atoms in total. The van der Waals surface area contributed by atoms with E-state index in [0.29, 0.717) is 12.3 Å². The second kappa shape index (κ2) is 13.8. The van der Waals surface area contributed by atoms with E-state index < -0.39 is 36.4 Å². The first-order valence-corrected chi connectivity index (χ1v) is 11.4. The number of carbonyl (C=O) groups is 3. The molecule has 37 heavy (non-hydrogen) atoms. The Kier molecular flexibility index (Phi) is 10.8. The largest absolute Gasteiger partial charge is 0.508 e. The van der Waals surface area contributed by atoms with E-state index in [1.807, 2.05) is 49.8 Å². The number of nitrogens with zero attached hydrogens (tertiary/aromatic N) is 3. The lowest BCUT2D eigenvalue weighted by Crippen LogP contribution is -2.42. The first-order valence-electron chi connectivity index (χ1n) is 11.4. The molecular formula is C25H31N3O9. The second-order valence-electron chi connectivity index (χ2n) is 8.48. The van der Waals surface area contributed by atoms with Crippen molar-refractivity contribution >= 4 is 17.9 Å². The zero-order valence-electron chi connectivity index (χ0n) is 20.4. The standard InChI is InChI=1S/C19H23N3O2.C6H8O7/c1-16-7-8-18(24-16)14-22(11-4-10-21-12-9-20-15-21)13-17-5-2-3-6-19(17)23;7-3(8)1-6(13,5(11)12)2-4(9)10/h2-3,5-9,12,15,23H,4,10-11,13-14H2,1H3;13H,1-2H2,(H,7,8)(H,9,10)(H,11,12). The number of aryl methyl sites for hydroxylation is 2. The number of benzene rings is 1. The number of phenolic OH excluding ortho intramolecular Hbond substituents is 1. The van der Waals surface area contributed by atoms with Crippen LogP contribution in [-0.2, 0) is 34.0 Å². The minimum atomic E-state index is -2.74. The van der Waals surface area contributed by atoms with E-state index >= 15 is 0 Å². The van der Waals surface area contributed by atoms with Gasteiger partial charge in [-0.05, 0) is 31.5 Å². The summed E-state index contributed by atoms with van der Waals surface area (Å²) >= 11 is 0. The van der Waals surface area contributed by atoms with Gasteiger partial charge in [0.2, 0.25) is 0 Å². The smallest absolute Gasteiger partial charge is 0.336 e. The molecule has 2 heterocycles. The number of imidazole rings is 1. The average Bonchev–Trinajstić information content (AvgIpc) is 3.46. The Hall–Kier alpha value is -4.16. The van der Waals surface area contributed by atoms with Gasteiger partial charge < -0.3 is 34.5 Å². The van der Waals surface area contributed by atoms with Crippen LogP contribution in [0.4, 0.5) is 0 Å². The van der Waals surface area contributed by atoms with Crippen LogP contribution >= 0.6 is 0 Å². The highest BCUT2D eigenvalue weighted by molar-refractivity contribution is 5.88. The molecule has 3 rings (SSSR count). The maximum Gasteiger partial charge on any atom is 0.336 e. The molecular weight excluding hydrogens is 486 g/mol. The van der Waals surface area contributed by atoms with Gasteiger partial charge in [0, 0.05) is 37.6 Å². The molecule has 2 aromatic heterocycles. The number of aromatic nitrogens is 2. The molecule has 0 atom stereocenters. The molecule has 0 aliphatic heterocycles. The number of carboxylic acids is 3. The number of hydrogen-bond donors (Lipinski definition) is 5. The third-order valence-corrected chi connectivity index (χ3v) is 5.30. The number of furan rings is 1. The summed E-state index contributed by atoms with van der Waals surface area (Å²) in [5.74, 6) is -2.81. The van der Waals surface area contributed by atoms with E-state index in [9.17, 15) is 19.5 Å². The summed E-state index contributed by atoms with van der Waals surface area (Å²) in [6, 6.07) is 11.5. The van der Waals surface area contributed by atoms with Crippen LogP contribution < -0.4 is 0 Å². The van der Waals surface area contributed by atoms with Crippen LogP contribution in [-0.4, -0.2) is 70.0 Å². The van der Waals surface area contributed by atoms with E-state index in [0.717, 1.165) is 43.1 Å². The fourth-order valence-electron chi connectivity index (χ4n) is 3.50. The first kappa shape index (κ1) is 29.1. The van der Waals surface area contributed by atoms with E-state index in [1.54, 1.807) is 12.3 Å². The van der Waals surface area contributed by atoms with Gasteiger partial charge in [-0.2, -0.15) is 0 Å². The SMILES string of the molecule is Cc1ccc(CN(CCCn2ccnc2)Cc2ccccc2O)o1.O=C(O)CC(O)(CC(=O)O)C(=O)O. The summed E-state index contributed by atoms with van der Waals surface area (Å²) in [5, 5.41) is 43.9. The lowest BCUT2D eigenvalue weighted by atomic mass is 9.96. The fraction of sp³-hybridized carbons (Fsp3) is 0.360. The molecule has 0 bridgehead atoms. The Balaban J connectivity index is 0.000000317. The van der Waals surface area contributed by atoms with E-state index in [4.69, 9.17) is 24.8 Å². The number of hydrogen-bond acceptors (Lipinski definition) is 8. The van der Waals surface area contributed by atoms with Gasteiger partial charge in [0.25, 0.3) is 0 Å². The Bertz CT molecular complexity index is 1140. The minimum Gasteiger partial charge on any atom is -0.508 e. The molecule has 0 fully saturated rings. The number of aromatic hydroxyl groups is 1. The van der Waals surface area contributed by atoms with Crippen molar-refractivity contribution in [3.63, 3.8) is 0 Å². The summed E-state index contributed by atoms with van der Waals surface area (Å²) in [6.07, 6.45) is 4.32. The Labute approximate surface area is 213 Å². The van der Waals surface area contributed by atoms with Crippen LogP contribution in [0.15, 0.2) is 59.5 Å². The van der Waals surface area contributed by atoms with Crippen LogP contribution in [0.25, 0.3) is 0 Å². The van der Waals surface area contributed by atoms with E-state index in [-0.39, 0.29) is 0 Å². The summed E-state index contributed by atoms with van der Waals surface area (Å²) in [6.45, 7) is 5.21. The molecule has 0 unspecified atom stereocenters. The molecule has 0 spiro atoms. The second-order valence-corrected chi connectivity index (χ2v) is 8.48. The van der Waals surface area contributed by atoms with Crippen molar-refractivity contribution in [2.75, 3.05) is 6.54 Å². The molecule has 0 radical (unpaired) electrons. The summed E-state index contributed by atoms with van der Waals surface area (Å²) in [7, 11) is 0. The third kappa shape index (κ3) is 10.2. The number of phenols is 1. The van der Waals surface area contributed by atoms with Crippen LogP contribution in [0.1, 0.15) is 36.3 Å². The molecule has 0 aliphatic carbocycles. The zero-order chi connectivity index (χ0) is 27.4. The van der Waals surface area contributed by atoms with Crippen molar-refractivity contribution in [3.05, 3.63) is 72.2 Å². The molecule has 12 heteroatoms. The van der Waals surface area contributed by atoms with Gasteiger partial charge in [-0.3, -0.25) is 14.5 Å². The molecule has 0 amide bonds. The number of aliphatic carboxylic acids is 3. The molecule has 0 saturated heterocycles. The highest BCUT2D eigenvalue weighted by atomic mass is 16.4. The topological polar surface area (TPSA) is 187 Å². The number of carboxylic acid groups (broad SMARTS) is 3. The van der Waals surface area contributed by atoms with Gasteiger partial charge in [-0.1, -0.05) is 18.2 Å². The first-order chi connectivity index (χ1) is 17.5. The fourth-order valence-corrected chi connectivity index (χ4v) is 3.50. The van der Waals surface area contributed by atoms with Crippen molar-refractivity contribution in [3.8, 4) is 5.75 Å². The maximum atomic E-state index is 10.3. The van der Waals surface area contributed by atoms with Crippen molar-refractivity contribution < 1.29 is 44.3 Å². The monoisotopic (exact) mass is 517 g/mol. The third-order valence-electron chi connectivity index (χ3n) is 5.30. The van der Waals surface area contributed by atoms with Gasteiger partial charge in [-0.25, -0.2) is 9.78 Å². The lowest BCUT2D eigenvalue weighted by Gasteiger charge is -2.22. The van der Waals surface area contributed by atoms with Gasteiger partial charge in [0.1, 0.15) is 17.3 Å². The normalized spacial score (nSPS) is 11.1. The quantitative estimate of drug-likeness (QED) is 0.224. The van der Waals surface area contributed by atoms with Crippen LogP contribution in [0, 0.1) is 6.92 Å². The lowest BCUT2D eigenvalue weighted by molar-refractivity contribution is -0.170. The van der Waals surface area contributed by atoms with Crippen molar-refractivity contribution in [2.45, 2.75) is 51.4 Å². The molecule has 0 saturated carbocycles. The highest BCUT2D eigenvalue weighted by Gasteiger charge is 2.40. The van der Waals surface area contributed by atoms with Crippen molar-refractivity contribution in [2.24, 2.45) is 0 Å². The van der Waals surface area contributed by atoms with Crippen LogP contribution in [0.2, 0.25) is 0 Å². The van der Waals surface area contributed by atoms with Gasteiger partial charge >= 0.3 is 17.9 Å². The Morgan fingerprint density at radius 2 is 1.70 bits per heavy atom. The number of para-hydroxylation sites is 1. The van der Waals surface area contributed by atoms with E-state index in [1.165, 1.54) is 0 Å². The average molecular weight is 518 g/mol. The van der Waals surface area contributed by atoms with Crippen LogP contribution in [0.5, 0.6) is 5.75 Å². The summed E-state index contributed by atoms with van der Waals surface area (Å²) < 4.78 is 7.79. The Morgan fingerprint density at radius 1 is 1.03 bits per heavy atom. The predicted molar refractivity (Wildman–Crippen MR) is 130 cm³/mol. The maximum absolute atomic E-state index is 10.3. The number of aliphatic hydroxyl groups is 1. The molecule has 5 N–H and O–H groups in total. The number of rotatable bonds is 13. The highest BCUT2D eigenvalue weighted by Crippen LogP contribution is 2.20. The summed E-state index contributed by atoms with van der Waals surface area (Å²) in [5.41, 5.74) is -1.80. The molecule has 1 aromatic carbocycles. The van der Waals surface area contributed by atoms with Gasteiger partial charge in [-0.15, -0.1) is 0 Å². The van der Waals surface area contributed by atoms with Gasteiger partial charge in [0.15, 0.2) is 5.60 Å². The van der Waals surface area contributed by atoms with Crippen molar-refractivity contribution in [1.29, 1.82) is 0 Å². The van der Waals surface area contributed by atoms with Gasteiger partial charge in [0.05, 0.1) is 25.7 Å². The van der Waals surface area contributed by atoms with Crippen molar-refractivity contribution in [1.82, 2.24) is 14.5 Å². The minimum absolute atomic E-state index is 0.340. The molecule has 3 aromatic rings. The molecule has 200 valence electrons. The van der Waals surface area contributed by atoms with E-state index in [2.05, 4.69) is 14.5 Å². The molecule has 0 aliphatic rings. The zero-order valence-corrected chi connectivity index (χ0v) is 20.4.